The Bertz CT molecular complexity index is 1180. The van der Waals surface area contributed by atoms with E-state index in [-0.39, 0.29) is 0 Å². The highest BCUT2D eigenvalue weighted by Gasteiger charge is 2.02. The number of fused-ring (bicyclic) bond motifs is 1. The molecule has 0 amide bonds. The zero-order valence-electron chi connectivity index (χ0n) is 19.4. The summed E-state index contributed by atoms with van der Waals surface area (Å²) in [5.41, 5.74) is 5.44. The molecule has 2 aromatic carbocycles. The first-order valence-corrected chi connectivity index (χ1v) is 10.6. The largest absolute Gasteiger partial charge is 0.388 e. The molecule has 0 aliphatic heterocycles. The molecule has 164 valence electrons. The molecule has 0 atom stereocenters. The molecule has 0 saturated carbocycles. The number of hydrogen-bond donors (Lipinski definition) is 2. The Balaban J connectivity index is 0.000000344. The number of aromatic nitrogens is 2. The number of nitrogens with zero attached hydrogens (tertiary/aromatic N) is 2. The number of carbonyl (C=O) groups is 1. The van der Waals surface area contributed by atoms with Crippen LogP contribution < -0.4 is 10.6 Å². The zero-order chi connectivity index (χ0) is 23.3. The second kappa shape index (κ2) is 12.7. The molecular formula is C27H30N4O. The number of aryl methyl sites for hydroxylation is 1. The molecule has 0 unspecified atom stereocenters. The Morgan fingerprint density at radius 1 is 1.09 bits per heavy atom. The summed E-state index contributed by atoms with van der Waals surface area (Å²) < 4.78 is 0. The standard InChI is InChI=1S/C19H15N3O.C8H15N/c1-13-3-4-15(11-23)9-16(13)7-5-14-6-8-17-18(10-14)21-12-22-19(17)20-2;1-4-6-8(9-3)7-5-2/h3-4,6,8-12H,1-2H3,(H,20,21,22);4,6-7,9H,5H2,1-3H3/b;6-4-,8-7+. The Kier molecular flexibility index (Phi) is 9.68. The van der Waals surface area contributed by atoms with E-state index >= 15 is 0 Å². The van der Waals surface area contributed by atoms with E-state index in [0.717, 1.165) is 46.1 Å². The van der Waals surface area contributed by atoms with Crippen LogP contribution in [0.25, 0.3) is 10.9 Å². The molecule has 5 nitrogen and oxygen atoms in total. The maximum absolute atomic E-state index is 10.9. The molecule has 0 bridgehead atoms. The Labute approximate surface area is 190 Å². The number of hydrogen-bond acceptors (Lipinski definition) is 5. The van der Waals surface area contributed by atoms with Gasteiger partial charge in [-0.2, -0.15) is 0 Å². The highest BCUT2D eigenvalue weighted by Crippen LogP contribution is 2.19. The fourth-order valence-corrected chi connectivity index (χ4v) is 2.97. The number of benzene rings is 2. The molecule has 5 heteroatoms. The van der Waals surface area contributed by atoms with Crippen LogP contribution >= 0.6 is 0 Å². The molecule has 0 radical (unpaired) electrons. The van der Waals surface area contributed by atoms with Crippen molar-refractivity contribution in [2.45, 2.75) is 27.2 Å². The van der Waals surface area contributed by atoms with Gasteiger partial charge in [-0.05, 0) is 56.2 Å². The molecule has 3 aromatic rings. The lowest BCUT2D eigenvalue weighted by molar-refractivity contribution is 0.112. The van der Waals surface area contributed by atoms with Crippen LogP contribution in [-0.2, 0) is 0 Å². The van der Waals surface area contributed by atoms with Crippen molar-refractivity contribution in [2.75, 3.05) is 19.4 Å². The SMILES string of the molecule is C/C=C\C(=C/CC)NC.CNc1ncnc2cc(C#Cc3cc(C=O)ccc3C)ccc12. The smallest absolute Gasteiger partial charge is 0.150 e. The van der Waals surface area contributed by atoms with Crippen molar-refractivity contribution in [1.82, 2.24) is 15.3 Å². The highest BCUT2D eigenvalue weighted by molar-refractivity contribution is 5.89. The number of anilines is 1. The van der Waals surface area contributed by atoms with Crippen molar-refractivity contribution < 1.29 is 4.79 Å². The summed E-state index contributed by atoms with van der Waals surface area (Å²) >= 11 is 0. The van der Waals surface area contributed by atoms with E-state index < -0.39 is 0 Å². The molecule has 1 aromatic heterocycles. The third-order valence-electron chi connectivity index (χ3n) is 4.67. The fourth-order valence-electron chi connectivity index (χ4n) is 2.97. The van der Waals surface area contributed by atoms with Gasteiger partial charge in [0.15, 0.2) is 0 Å². The minimum absolute atomic E-state index is 0.629. The van der Waals surface area contributed by atoms with Gasteiger partial charge in [0.2, 0.25) is 0 Å². The zero-order valence-corrected chi connectivity index (χ0v) is 19.4. The summed E-state index contributed by atoms with van der Waals surface area (Å²) in [5, 5.41) is 7.08. The van der Waals surface area contributed by atoms with Gasteiger partial charge in [0.05, 0.1) is 5.52 Å². The maximum Gasteiger partial charge on any atom is 0.150 e. The number of aldehydes is 1. The van der Waals surface area contributed by atoms with Crippen LogP contribution in [0.5, 0.6) is 0 Å². The Hall–Kier alpha value is -3.91. The lowest BCUT2D eigenvalue weighted by Crippen LogP contribution is -2.02. The summed E-state index contributed by atoms with van der Waals surface area (Å²) in [6.45, 7) is 6.12. The topological polar surface area (TPSA) is 66.9 Å². The average molecular weight is 427 g/mol. The van der Waals surface area contributed by atoms with Gasteiger partial charge < -0.3 is 10.6 Å². The lowest BCUT2D eigenvalue weighted by Gasteiger charge is -2.03. The van der Waals surface area contributed by atoms with Crippen molar-refractivity contribution >= 4 is 23.0 Å². The Morgan fingerprint density at radius 3 is 2.56 bits per heavy atom. The lowest BCUT2D eigenvalue weighted by atomic mass is 10.1. The van der Waals surface area contributed by atoms with E-state index in [1.54, 1.807) is 12.1 Å². The minimum atomic E-state index is 0.629. The second-order valence-corrected chi connectivity index (χ2v) is 6.96. The van der Waals surface area contributed by atoms with E-state index in [9.17, 15) is 4.79 Å². The summed E-state index contributed by atoms with van der Waals surface area (Å²) in [7, 11) is 3.76. The molecule has 0 saturated heterocycles. The number of likely N-dealkylation sites (N-methyl/N-ethyl adjacent to an activating group) is 1. The molecule has 0 aliphatic carbocycles. The molecule has 0 fully saturated rings. The first kappa shape index (κ1) is 24.4. The van der Waals surface area contributed by atoms with Gasteiger partial charge in [0, 0.05) is 41.9 Å². The van der Waals surface area contributed by atoms with Crippen LogP contribution in [-0.4, -0.2) is 30.3 Å². The van der Waals surface area contributed by atoms with Crippen LogP contribution in [0.15, 0.2) is 66.7 Å². The first-order valence-electron chi connectivity index (χ1n) is 10.6. The summed E-state index contributed by atoms with van der Waals surface area (Å²) in [5.74, 6) is 7.06. The van der Waals surface area contributed by atoms with Crippen LogP contribution in [0.4, 0.5) is 5.82 Å². The molecule has 32 heavy (non-hydrogen) atoms. The summed E-state index contributed by atoms with van der Waals surface area (Å²) in [6.07, 6.45) is 9.68. The third-order valence-corrected chi connectivity index (χ3v) is 4.67. The van der Waals surface area contributed by atoms with Gasteiger partial charge in [-0.1, -0.05) is 43.0 Å². The molecule has 2 N–H and O–H groups in total. The van der Waals surface area contributed by atoms with Gasteiger partial charge in [0.1, 0.15) is 18.4 Å². The molecule has 1 heterocycles. The predicted molar refractivity (Wildman–Crippen MR) is 134 cm³/mol. The molecule has 0 spiro atoms. The first-order chi connectivity index (χ1) is 15.6. The van der Waals surface area contributed by atoms with Crippen LogP contribution in [0, 0.1) is 18.8 Å². The summed E-state index contributed by atoms with van der Waals surface area (Å²) in [6, 6.07) is 11.3. The number of carbonyl (C=O) groups excluding carboxylic acids is 1. The monoisotopic (exact) mass is 426 g/mol. The van der Waals surface area contributed by atoms with Crippen molar-refractivity contribution in [3.63, 3.8) is 0 Å². The molecule has 3 rings (SSSR count). The van der Waals surface area contributed by atoms with Crippen molar-refractivity contribution in [1.29, 1.82) is 0 Å². The molecular weight excluding hydrogens is 396 g/mol. The number of nitrogens with one attached hydrogen (secondary N) is 2. The average Bonchev–Trinajstić information content (AvgIpc) is 2.83. The van der Waals surface area contributed by atoms with Gasteiger partial charge in [-0.25, -0.2) is 9.97 Å². The van der Waals surface area contributed by atoms with Crippen molar-refractivity contribution in [3.8, 4) is 11.8 Å². The fraction of sp³-hybridized carbons (Fsp3) is 0.222. The molecule has 0 aliphatic rings. The van der Waals surface area contributed by atoms with Crippen molar-refractivity contribution in [3.05, 3.63) is 88.9 Å². The quantitative estimate of drug-likeness (QED) is 0.331. The van der Waals surface area contributed by atoms with E-state index in [2.05, 4.69) is 51.5 Å². The van der Waals surface area contributed by atoms with Crippen LogP contribution in [0.3, 0.4) is 0 Å². The third kappa shape index (κ3) is 6.82. The normalized spacial score (nSPS) is 10.7. The van der Waals surface area contributed by atoms with Crippen molar-refractivity contribution in [2.24, 2.45) is 0 Å². The number of allylic oxidation sites excluding steroid dienone is 3. The van der Waals surface area contributed by atoms with E-state index in [0.29, 0.717) is 5.56 Å². The van der Waals surface area contributed by atoms with Gasteiger partial charge in [0.25, 0.3) is 0 Å². The van der Waals surface area contributed by atoms with E-state index in [1.807, 2.05) is 58.3 Å². The van der Waals surface area contributed by atoms with Crippen LogP contribution in [0.2, 0.25) is 0 Å². The van der Waals surface area contributed by atoms with Crippen LogP contribution in [0.1, 0.15) is 47.3 Å². The Morgan fingerprint density at radius 2 is 1.91 bits per heavy atom. The van der Waals surface area contributed by atoms with E-state index in [1.165, 1.54) is 12.0 Å². The highest BCUT2D eigenvalue weighted by atomic mass is 16.1. The minimum Gasteiger partial charge on any atom is -0.388 e. The second-order valence-electron chi connectivity index (χ2n) is 6.96. The summed E-state index contributed by atoms with van der Waals surface area (Å²) in [4.78, 5) is 19.4. The number of rotatable bonds is 5. The van der Waals surface area contributed by atoms with Gasteiger partial charge in [-0.15, -0.1) is 0 Å². The van der Waals surface area contributed by atoms with E-state index in [4.69, 9.17) is 0 Å². The predicted octanol–water partition coefficient (Wildman–Crippen LogP) is 5.27. The van der Waals surface area contributed by atoms with Gasteiger partial charge in [-0.3, -0.25) is 4.79 Å². The van der Waals surface area contributed by atoms with Gasteiger partial charge >= 0.3 is 0 Å². The maximum atomic E-state index is 10.9.